The van der Waals surface area contributed by atoms with Crippen LogP contribution in [-0.4, -0.2) is 36.3 Å². The van der Waals surface area contributed by atoms with E-state index in [9.17, 15) is 4.79 Å². The van der Waals surface area contributed by atoms with Crippen molar-refractivity contribution in [2.45, 2.75) is 0 Å². The minimum absolute atomic E-state index is 0.209. The van der Waals surface area contributed by atoms with Gasteiger partial charge in [-0.2, -0.15) is 5.10 Å². The first-order chi connectivity index (χ1) is 11.7. The number of para-hydroxylation sites is 2. The van der Waals surface area contributed by atoms with Gasteiger partial charge in [-0.3, -0.25) is 4.79 Å². The summed E-state index contributed by atoms with van der Waals surface area (Å²) in [5, 5.41) is 3.94. The fraction of sp³-hybridized carbons (Fsp3) is 0.118. The van der Waals surface area contributed by atoms with Crippen molar-refractivity contribution in [2.24, 2.45) is 5.10 Å². The lowest BCUT2D eigenvalue weighted by Crippen LogP contribution is -2.19. The van der Waals surface area contributed by atoms with Crippen LogP contribution in [0.5, 0.6) is 11.5 Å². The molecule has 7 heteroatoms. The number of nitrogens with one attached hydrogen (secondary N) is 2. The Morgan fingerprint density at radius 2 is 1.96 bits per heavy atom. The summed E-state index contributed by atoms with van der Waals surface area (Å²) in [5.74, 6) is 1.01. The number of amides is 1. The first-order valence-corrected chi connectivity index (χ1v) is 7.21. The number of hydrazone groups is 1. The molecule has 24 heavy (non-hydrogen) atoms. The van der Waals surface area contributed by atoms with Crippen molar-refractivity contribution < 1.29 is 14.3 Å². The fourth-order valence-electron chi connectivity index (χ4n) is 2.21. The molecule has 0 saturated carbocycles. The molecule has 1 aromatic heterocycles. The summed E-state index contributed by atoms with van der Waals surface area (Å²) in [5.41, 5.74) is 4.73. The van der Waals surface area contributed by atoms with Crippen LogP contribution < -0.4 is 14.9 Å². The summed E-state index contributed by atoms with van der Waals surface area (Å²) >= 11 is 0. The van der Waals surface area contributed by atoms with E-state index >= 15 is 0 Å². The topological polar surface area (TPSA) is 88.6 Å². The number of carbonyl (C=O) groups is 1. The second kappa shape index (κ2) is 6.82. The molecule has 7 nitrogen and oxygen atoms in total. The van der Waals surface area contributed by atoms with Gasteiger partial charge in [-0.1, -0.05) is 12.1 Å². The Morgan fingerprint density at radius 3 is 2.71 bits per heavy atom. The van der Waals surface area contributed by atoms with E-state index in [1.54, 1.807) is 32.4 Å². The van der Waals surface area contributed by atoms with E-state index in [0.29, 0.717) is 11.5 Å². The molecule has 3 aromatic rings. The summed E-state index contributed by atoms with van der Waals surface area (Å²) in [4.78, 5) is 19.2. The Hall–Kier alpha value is -3.35. The van der Waals surface area contributed by atoms with Crippen LogP contribution in [-0.2, 0) is 0 Å². The monoisotopic (exact) mass is 324 g/mol. The number of hydrogen-bond acceptors (Lipinski definition) is 5. The second-order valence-electron chi connectivity index (χ2n) is 4.92. The van der Waals surface area contributed by atoms with Gasteiger partial charge in [0, 0.05) is 0 Å². The number of hydrogen-bond donors (Lipinski definition) is 2. The van der Waals surface area contributed by atoms with Crippen molar-refractivity contribution in [3.63, 3.8) is 0 Å². The predicted molar refractivity (Wildman–Crippen MR) is 90.7 cm³/mol. The Kier molecular flexibility index (Phi) is 4.42. The molecule has 0 atom stereocenters. The summed E-state index contributed by atoms with van der Waals surface area (Å²) in [6.45, 7) is 0. The van der Waals surface area contributed by atoms with Crippen molar-refractivity contribution in [3.8, 4) is 11.5 Å². The zero-order valence-electron chi connectivity index (χ0n) is 13.2. The molecular formula is C17H16N4O3. The normalized spacial score (nSPS) is 10.9. The minimum Gasteiger partial charge on any atom is -0.493 e. The predicted octanol–water partition coefficient (Wildman–Crippen LogP) is 2.34. The maximum Gasteiger partial charge on any atom is 0.307 e. The van der Waals surface area contributed by atoms with Gasteiger partial charge in [-0.25, -0.2) is 10.4 Å². The van der Waals surface area contributed by atoms with Gasteiger partial charge in [0.1, 0.15) is 0 Å². The lowest BCUT2D eigenvalue weighted by atomic mass is 10.2. The first-order valence-electron chi connectivity index (χ1n) is 7.21. The van der Waals surface area contributed by atoms with Crippen molar-refractivity contribution >= 4 is 23.2 Å². The van der Waals surface area contributed by atoms with E-state index in [-0.39, 0.29) is 5.82 Å². The van der Waals surface area contributed by atoms with Crippen LogP contribution in [0.3, 0.4) is 0 Å². The Balaban J connectivity index is 1.70. The molecule has 1 amide bonds. The van der Waals surface area contributed by atoms with Crippen LogP contribution in [0.15, 0.2) is 47.6 Å². The summed E-state index contributed by atoms with van der Waals surface area (Å²) in [6.07, 6.45) is 1.52. The smallest absolute Gasteiger partial charge is 0.307 e. The number of aromatic nitrogens is 2. The van der Waals surface area contributed by atoms with Gasteiger partial charge in [0.2, 0.25) is 0 Å². The molecule has 0 radical (unpaired) electrons. The summed E-state index contributed by atoms with van der Waals surface area (Å²) in [6, 6.07) is 12.7. The number of nitrogens with zero attached hydrogens (tertiary/aromatic N) is 2. The van der Waals surface area contributed by atoms with E-state index in [0.717, 1.165) is 16.6 Å². The molecule has 0 aliphatic heterocycles. The summed E-state index contributed by atoms with van der Waals surface area (Å²) in [7, 11) is 3.13. The Morgan fingerprint density at radius 1 is 1.17 bits per heavy atom. The van der Waals surface area contributed by atoms with Gasteiger partial charge in [0.05, 0.1) is 31.5 Å². The lowest BCUT2D eigenvalue weighted by molar-refractivity contribution is 0.0946. The van der Waals surface area contributed by atoms with Crippen LogP contribution >= 0.6 is 0 Å². The molecule has 0 saturated heterocycles. The molecule has 122 valence electrons. The largest absolute Gasteiger partial charge is 0.493 e. The first kappa shape index (κ1) is 15.5. The van der Waals surface area contributed by atoms with Gasteiger partial charge in [-0.15, -0.1) is 0 Å². The van der Waals surface area contributed by atoms with Crippen molar-refractivity contribution in [1.29, 1.82) is 0 Å². The van der Waals surface area contributed by atoms with Gasteiger partial charge < -0.3 is 14.5 Å². The van der Waals surface area contributed by atoms with Gasteiger partial charge >= 0.3 is 5.91 Å². The van der Waals surface area contributed by atoms with E-state index in [2.05, 4.69) is 20.5 Å². The number of rotatable bonds is 5. The number of methoxy groups -OCH3 is 2. The van der Waals surface area contributed by atoms with E-state index in [1.807, 2.05) is 24.3 Å². The highest BCUT2D eigenvalue weighted by Gasteiger charge is 2.10. The third kappa shape index (κ3) is 3.19. The molecule has 0 fully saturated rings. The Bertz CT molecular complexity index is 869. The Labute approximate surface area is 138 Å². The van der Waals surface area contributed by atoms with Crippen LogP contribution in [0.2, 0.25) is 0 Å². The van der Waals surface area contributed by atoms with Crippen LogP contribution in [0.4, 0.5) is 0 Å². The maximum atomic E-state index is 12.1. The minimum atomic E-state index is -0.414. The van der Waals surface area contributed by atoms with Crippen LogP contribution in [0.1, 0.15) is 16.2 Å². The fourth-order valence-corrected chi connectivity index (χ4v) is 2.21. The zero-order chi connectivity index (χ0) is 16.9. The molecule has 1 heterocycles. The number of H-pyrrole nitrogens is 1. The number of fused-ring (bicyclic) bond motifs is 1. The molecule has 0 spiro atoms. The quantitative estimate of drug-likeness (QED) is 0.557. The number of ether oxygens (including phenoxy) is 2. The highest BCUT2D eigenvalue weighted by Crippen LogP contribution is 2.26. The molecule has 0 bridgehead atoms. The highest BCUT2D eigenvalue weighted by molar-refractivity contribution is 5.94. The van der Waals surface area contributed by atoms with Crippen LogP contribution in [0.25, 0.3) is 11.0 Å². The second-order valence-corrected chi connectivity index (χ2v) is 4.92. The number of benzene rings is 2. The van der Waals surface area contributed by atoms with Crippen molar-refractivity contribution in [2.75, 3.05) is 14.2 Å². The third-order valence-corrected chi connectivity index (χ3v) is 3.39. The average molecular weight is 324 g/mol. The average Bonchev–Trinajstić information content (AvgIpc) is 3.05. The molecule has 0 aliphatic carbocycles. The van der Waals surface area contributed by atoms with E-state index in [4.69, 9.17) is 9.47 Å². The molecule has 0 unspecified atom stereocenters. The number of aromatic amines is 1. The highest BCUT2D eigenvalue weighted by atomic mass is 16.5. The summed E-state index contributed by atoms with van der Waals surface area (Å²) < 4.78 is 10.4. The zero-order valence-corrected chi connectivity index (χ0v) is 13.2. The molecule has 3 rings (SSSR count). The molecule has 2 aromatic carbocycles. The SMILES string of the molecule is COc1ccc(/C=N/NC(=O)c2nc3ccccc3[nH]2)cc1OC. The standard InChI is InChI=1S/C17H16N4O3/c1-23-14-8-7-11(9-15(14)24-2)10-18-21-17(22)16-19-12-5-3-4-6-13(12)20-16/h3-10H,1-2H3,(H,19,20)(H,21,22)/b18-10+. The third-order valence-electron chi connectivity index (χ3n) is 3.39. The van der Waals surface area contributed by atoms with Gasteiger partial charge in [0.15, 0.2) is 17.3 Å². The maximum absolute atomic E-state index is 12.1. The van der Waals surface area contributed by atoms with Crippen molar-refractivity contribution in [1.82, 2.24) is 15.4 Å². The number of carbonyl (C=O) groups excluding carboxylic acids is 1. The molecule has 0 aliphatic rings. The van der Waals surface area contributed by atoms with Gasteiger partial charge in [-0.05, 0) is 35.9 Å². The van der Waals surface area contributed by atoms with Gasteiger partial charge in [0.25, 0.3) is 0 Å². The van der Waals surface area contributed by atoms with Crippen molar-refractivity contribution in [3.05, 3.63) is 53.9 Å². The van der Waals surface area contributed by atoms with E-state index < -0.39 is 5.91 Å². The van der Waals surface area contributed by atoms with Crippen LogP contribution in [0, 0.1) is 0 Å². The van der Waals surface area contributed by atoms with E-state index in [1.165, 1.54) is 6.21 Å². The molecular weight excluding hydrogens is 308 g/mol. The lowest BCUT2D eigenvalue weighted by Gasteiger charge is -2.07. The number of imidazole rings is 1. The molecule has 2 N–H and O–H groups in total.